The summed E-state index contributed by atoms with van der Waals surface area (Å²) >= 11 is 0. The second-order valence-corrected chi connectivity index (χ2v) is 7.23. The van der Waals surface area contributed by atoms with E-state index >= 15 is 0 Å². The quantitative estimate of drug-likeness (QED) is 0.720. The Morgan fingerprint density at radius 2 is 2.08 bits per heavy atom. The maximum absolute atomic E-state index is 9.49. The molecule has 0 aromatic carbocycles. The molecule has 0 aliphatic carbocycles. The molecule has 0 radical (unpaired) electrons. The van der Waals surface area contributed by atoms with E-state index in [1.807, 2.05) is 6.07 Å². The number of hydrogen-bond acceptors (Lipinski definition) is 7. The zero-order valence-electron chi connectivity index (χ0n) is 15.4. The fourth-order valence-electron chi connectivity index (χ4n) is 3.91. The van der Waals surface area contributed by atoms with E-state index in [0.29, 0.717) is 12.2 Å². The summed E-state index contributed by atoms with van der Waals surface area (Å²) < 4.78 is 5.78. The topological polar surface area (TPSA) is 73.8 Å². The molecule has 140 valence electrons. The van der Waals surface area contributed by atoms with Gasteiger partial charge in [-0.3, -0.25) is 4.90 Å². The van der Waals surface area contributed by atoms with Crippen LogP contribution in [0.25, 0.3) is 0 Å². The van der Waals surface area contributed by atoms with Gasteiger partial charge in [0.2, 0.25) is 0 Å². The predicted molar refractivity (Wildman–Crippen MR) is 99.0 cm³/mol. The summed E-state index contributed by atoms with van der Waals surface area (Å²) in [5, 5.41) is 12.9. The highest BCUT2D eigenvalue weighted by Gasteiger charge is 2.25. The summed E-state index contributed by atoms with van der Waals surface area (Å²) in [6.07, 6.45) is 5.45. The van der Waals surface area contributed by atoms with Crippen LogP contribution in [0.2, 0.25) is 0 Å². The lowest BCUT2D eigenvalue weighted by atomic mass is 10.2. The number of aromatic nitrogens is 2. The molecule has 1 aromatic rings. The fraction of sp³-hybridized carbons (Fsp3) is 0.778. The van der Waals surface area contributed by atoms with Crippen molar-refractivity contribution in [3.63, 3.8) is 0 Å². The maximum Gasteiger partial charge on any atom is 0.134 e. The number of aliphatic hydroxyl groups is 1. The Hall–Kier alpha value is -1.44. The third-order valence-electron chi connectivity index (χ3n) is 4.99. The van der Waals surface area contributed by atoms with Gasteiger partial charge in [0.05, 0.1) is 24.9 Å². The van der Waals surface area contributed by atoms with Crippen LogP contribution in [0.3, 0.4) is 0 Å². The van der Waals surface area contributed by atoms with Crippen LogP contribution in [0.5, 0.6) is 0 Å². The molecule has 2 aliphatic rings. The molecule has 0 bridgehead atoms. The van der Waals surface area contributed by atoms with E-state index in [1.165, 1.54) is 0 Å². The lowest BCUT2D eigenvalue weighted by molar-refractivity contribution is -0.0678. The molecule has 1 aromatic heterocycles. The van der Waals surface area contributed by atoms with E-state index in [-0.39, 0.29) is 12.6 Å². The van der Waals surface area contributed by atoms with E-state index < -0.39 is 0 Å². The predicted octanol–water partition coefficient (Wildman–Crippen LogP) is 1.35. The smallest absolute Gasteiger partial charge is 0.134 e. The first kappa shape index (κ1) is 18.4. The van der Waals surface area contributed by atoms with Gasteiger partial charge in [-0.15, -0.1) is 0 Å². The van der Waals surface area contributed by atoms with Crippen molar-refractivity contribution in [1.82, 2.24) is 14.9 Å². The van der Waals surface area contributed by atoms with Gasteiger partial charge in [-0.2, -0.15) is 0 Å². The van der Waals surface area contributed by atoms with Crippen LogP contribution in [-0.2, 0) is 4.74 Å². The van der Waals surface area contributed by atoms with Crippen LogP contribution in [0.15, 0.2) is 12.4 Å². The first-order chi connectivity index (χ1) is 12.2. The highest BCUT2D eigenvalue weighted by Crippen LogP contribution is 2.24. The number of ether oxygens (including phenoxy) is 1. The van der Waals surface area contributed by atoms with Crippen LogP contribution in [0.1, 0.15) is 33.1 Å². The zero-order chi connectivity index (χ0) is 17.6. The third kappa shape index (κ3) is 5.03. The lowest BCUT2D eigenvalue weighted by Crippen LogP contribution is -2.45. The van der Waals surface area contributed by atoms with Crippen LogP contribution < -0.4 is 10.2 Å². The SMILES string of the molecule is C[C@@H]1CN(CCCNc2cc(N3CCC[C@H]3CO)ncn2)C[C@@H](C)O1. The third-order valence-corrected chi connectivity index (χ3v) is 4.99. The van der Waals surface area contributed by atoms with Crippen molar-refractivity contribution < 1.29 is 9.84 Å². The molecule has 2 aliphatic heterocycles. The summed E-state index contributed by atoms with van der Waals surface area (Å²) in [6.45, 7) is 9.40. The van der Waals surface area contributed by atoms with Crippen molar-refractivity contribution >= 4 is 11.6 Å². The van der Waals surface area contributed by atoms with Crippen molar-refractivity contribution in [3.8, 4) is 0 Å². The Balaban J connectivity index is 1.45. The largest absolute Gasteiger partial charge is 0.394 e. The molecule has 7 nitrogen and oxygen atoms in total. The van der Waals surface area contributed by atoms with E-state index in [0.717, 1.165) is 63.6 Å². The number of morpholine rings is 1. The second kappa shape index (κ2) is 8.78. The van der Waals surface area contributed by atoms with Crippen molar-refractivity contribution in [3.05, 3.63) is 12.4 Å². The highest BCUT2D eigenvalue weighted by molar-refractivity contribution is 5.49. The average molecular weight is 349 g/mol. The summed E-state index contributed by atoms with van der Waals surface area (Å²) in [4.78, 5) is 13.4. The Labute approximate surface area is 150 Å². The van der Waals surface area contributed by atoms with Gasteiger partial charge in [-0.25, -0.2) is 9.97 Å². The van der Waals surface area contributed by atoms with Crippen LogP contribution in [-0.4, -0.2) is 77.6 Å². The Morgan fingerprint density at radius 3 is 2.84 bits per heavy atom. The molecular formula is C18H31N5O2. The van der Waals surface area contributed by atoms with E-state index in [9.17, 15) is 5.11 Å². The van der Waals surface area contributed by atoms with Crippen LogP contribution in [0.4, 0.5) is 11.6 Å². The molecule has 3 heterocycles. The van der Waals surface area contributed by atoms with Crippen molar-refractivity contribution in [2.75, 3.05) is 49.5 Å². The minimum atomic E-state index is 0.184. The molecule has 2 saturated heterocycles. The van der Waals surface area contributed by atoms with Gasteiger partial charge >= 0.3 is 0 Å². The number of nitrogens with one attached hydrogen (secondary N) is 1. The Kier molecular flexibility index (Phi) is 6.45. The highest BCUT2D eigenvalue weighted by atomic mass is 16.5. The number of aliphatic hydroxyl groups excluding tert-OH is 1. The number of anilines is 2. The van der Waals surface area contributed by atoms with Crippen molar-refractivity contribution in [1.29, 1.82) is 0 Å². The standard InChI is InChI=1S/C18H31N5O2/c1-14-10-22(11-15(2)25-14)7-4-6-19-17-9-18(21-13-20-17)23-8-3-5-16(23)12-24/h9,13-16,24H,3-8,10-12H2,1-2H3,(H,19,20,21)/t14-,15-,16+/m1/s1. The van der Waals surface area contributed by atoms with Crippen LogP contribution >= 0.6 is 0 Å². The summed E-state index contributed by atoms with van der Waals surface area (Å²) in [5.74, 6) is 1.77. The summed E-state index contributed by atoms with van der Waals surface area (Å²) in [7, 11) is 0. The molecule has 7 heteroatoms. The molecule has 25 heavy (non-hydrogen) atoms. The van der Waals surface area contributed by atoms with Gasteiger partial charge in [0.25, 0.3) is 0 Å². The minimum absolute atomic E-state index is 0.184. The first-order valence-electron chi connectivity index (χ1n) is 9.47. The molecule has 0 unspecified atom stereocenters. The van der Waals surface area contributed by atoms with Crippen LogP contribution in [0, 0.1) is 0 Å². The number of hydrogen-bond donors (Lipinski definition) is 2. The molecule has 0 spiro atoms. The van der Waals surface area contributed by atoms with Crippen molar-refractivity contribution in [2.24, 2.45) is 0 Å². The van der Waals surface area contributed by atoms with Crippen molar-refractivity contribution in [2.45, 2.75) is 51.4 Å². The zero-order valence-corrected chi connectivity index (χ0v) is 15.4. The normalized spacial score (nSPS) is 27.6. The van der Waals surface area contributed by atoms with Gasteiger partial charge in [-0.1, -0.05) is 0 Å². The lowest BCUT2D eigenvalue weighted by Gasteiger charge is -2.35. The van der Waals surface area contributed by atoms with Gasteiger partial charge in [0.15, 0.2) is 0 Å². The Bertz CT molecular complexity index is 534. The van der Waals surface area contributed by atoms with E-state index in [2.05, 4.69) is 38.9 Å². The van der Waals surface area contributed by atoms with Gasteiger partial charge in [-0.05, 0) is 33.1 Å². The summed E-state index contributed by atoms with van der Waals surface area (Å²) in [6, 6.07) is 2.18. The Morgan fingerprint density at radius 1 is 1.28 bits per heavy atom. The number of rotatable bonds is 7. The number of nitrogens with zero attached hydrogens (tertiary/aromatic N) is 4. The average Bonchev–Trinajstić information content (AvgIpc) is 3.07. The molecule has 3 rings (SSSR count). The molecule has 3 atom stereocenters. The van der Waals surface area contributed by atoms with Gasteiger partial charge in [0.1, 0.15) is 18.0 Å². The molecule has 0 amide bonds. The first-order valence-corrected chi connectivity index (χ1v) is 9.47. The molecule has 2 N–H and O–H groups in total. The summed E-state index contributed by atoms with van der Waals surface area (Å²) in [5.41, 5.74) is 0. The fourth-order valence-corrected chi connectivity index (χ4v) is 3.91. The van der Waals surface area contributed by atoms with Gasteiger partial charge in [0, 0.05) is 38.8 Å². The minimum Gasteiger partial charge on any atom is -0.394 e. The van der Waals surface area contributed by atoms with E-state index in [4.69, 9.17) is 4.74 Å². The molecule has 0 saturated carbocycles. The maximum atomic E-state index is 9.49. The van der Waals surface area contributed by atoms with Gasteiger partial charge < -0.3 is 20.1 Å². The second-order valence-electron chi connectivity index (χ2n) is 7.23. The molecule has 2 fully saturated rings. The van der Waals surface area contributed by atoms with E-state index in [1.54, 1.807) is 6.33 Å². The monoisotopic (exact) mass is 349 g/mol. The molecular weight excluding hydrogens is 318 g/mol.